The fourth-order valence-corrected chi connectivity index (χ4v) is 3.84. The molecule has 0 spiro atoms. The molecule has 2 aromatic rings. The summed E-state index contributed by atoms with van der Waals surface area (Å²) < 4.78 is 11.7. The summed E-state index contributed by atoms with van der Waals surface area (Å²) in [7, 11) is 0. The summed E-state index contributed by atoms with van der Waals surface area (Å²) in [6.45, 7) is 5.68. The quantitative estimate of drug-likeness (QED) is 0.865. The molecule has 0 amide bonds. The first-order chi connectivity index (χ1) is 11.3. The predicted octanol–water partition coefficient (Wildman–Crippen LogP) is 2.17. The maximum atomic E-state index is 6.01. The smallest absolute Gasteiger partial charge is 0.220 e. The van der Waals surface area contributed by atoms with Gasteiger partial charge in [0.05, 0.1) is 6.10 Å². The highest BCUT2D eigenvalue weighted by molar-refractivity contribution is 5.10. The SMILES string of the molecule is Cc1nnc([C@@H]2CCO[C@@H]3CCN(Cc4ccncc4)C[C@@H]32)o1. The summed E-state index contributed by atoms with van der Waals surface area (Å²) in [6.07, 6.45) is 6.06. The molecule has 2 aliphatic rings. The van der Waals surface area contributed by atoms with Crippen molar-refractivity contribution in [3.05, 3.63) is 41.9 Å². The first-order valence-electron chi connectivity index (χ1n) is 8.32. The van der Waals surface area contributed by atoms with Crippen molar-refractivity contribution in [3.63, 3.8) is 0 Å². The molecule has 6 heteroatoms. The van der Waals surface area contributed by atoms with Crippen LogP contribution in [0.3, 0.4) is 0 Å². The second-order valence-electron chi connectivity index (χ2n) is 6.51. The number of piperidine rings is 1. The molecule has 0 aromatic carbocycles. The molecule has 0 saturated carbocycles. The highest BCUT2D eigenvalue weighted by Crippen LogP contribution is 2.39. The maximum absolute atomic E-state index is 6.01. The van der Waals surface area contributed by atoms with E-state index in [4.69, 9.17) is 9.15 Å². The van der Waals surface area contributed by atoms with E-state index in [0.29, 0.717) is 23.8 Å². The zero-order valence-electron chi connectivity index (χ0n) is 13.4. The summed E-state index contributed by atoms with van der Waals surface area (Å²) in [5, 5.41) is 8.28. The molecule has 6 nitrogen and oxygen atoms in total. The van der Waals surface area contributed by atoms with Crippen molar-refractivity contribution >= 4 is 0 Å². The van der Waals surface area contributed by atoms with Gasteiger partial charge in [0.1, 0.15) is 0 Å². The van der Waals surface area contributed by atoms with Crippen LogP contribution in [0.4, 0.5) is 0 Å². The van der Waals surface area contributed by atoms with Crippen LogP contribution in [0.25, 0.3) is 0 Å². The number of ether oxygens (including phenoxy) is 1. The minimum absolute atomic E-state index is 0.314. The Labute approximate surface area is 135 Å². The van der Waals surface area contributed by atoms with E-state index in [2.05, 4.69) is 32.2 Å². The minimum Gasteiger partial charge on any atom is -0.425 e. The number of hydrogen-bond acceptors (Lipinski definition) is 6. The molecule has 3 atom stereocenters. The van der Waals surface area contributed by atoms with Crippen molar-refractivity contribution in [1.29, 1.82) is 0 Å². The Morgan fingerprint density at radius 3 is 2.87 bits per heavy atom. The van der Waals surface area contributed by atoms with Crippen LogP contribution in [0.15, 0.2) is 28.9 Å². The third-order valence-electron chi connectivity index (χ3n) is 4.97. The van der Waals surface area contributed by atoms with E-state index in [1.165, 1.54) is 5.56 Å². The van der Waals surface area contributed by atoms with Crippen molar-refractivity contribution in [2.24, 2.45) is 5.92 Å². The van der Waals surface area contributed by atoms with Crippen molar-refractivity contribution in [2.75, 3.05) is 19.7 Å². The Kier molecular flexibility index (Phi) is 4.10. The molecule has 0 unspecified atom stereocenters. The lowest BCUT2D eigenvalue weighted by Gasteiger charge is -2.44. The van der Waals surface area contributed by atoms with E-state index in [9.17, 15) is 0 Å². The van der Waals surface area contributed by atoms with Gasteiger partial charge in [0.15, 0.2) is 0 Å². The topological polar surface area (TPSA) is 64.3 Å². The lowest BCUT2D eigenvalue weighted by Crippen LogP contribution is -2.48. The zero-order chi connectivity index (χ0) is 15.6. The average Bonchev–Trinajstić information content (AvgIpc) is 3.01. The number of rotatable bonds is 3. The average molecular weight is 314 g/mol. The molecular weight excluding hydrogens is 292 g/mol. The van der Waals surface area contributed by atoms with E-state index in [1.54, 1.807) is 0 Å². The molecule has 23 heavy (non-hydrogen) atoms. The van der Waals surface area contributed by atoms with Crippen molar-refractivity contribution in [3.8, 4) is 0 Å². The zero-order valence-corrected chi connectivity index (χ0v) is 13.4. The van der Waals surface area contributed by atoms with Crippen molar-refractivity contribution < 1.29 is 9.15 Å². The first kappa shape index (κ1) is 14.8. The van der Waals surface area contributed by atoms with Gasteiger partial charge >= 0.3 is 0 Å². The molecule has 4 heterocycles. The summed E-state index contributed by atoms with van der Waals surface area (Å²) in [5.41, 5.74) is 1.31. The van der Waals surface area contributed by atoms with Gasteiger partial charge < -0.3 is 9.15 Å². The summed E-state index contributed by atoms with van der Waals surface area (Å²) >= 11 is 0. The van der Waals surface area contributed by atoms with Crippen LogP contribution >= 0.6 is 0 Å². The monoisotopic (exact) mass is 314 g/mol. The second-order valence-corrected chi connectivity index (χ2v) is 6.51. The number of nitrogens with zero attached hydrogens (tertiary/aromatic N) is 4. The van der Waals surface area contributed by atoms with Gasteiger partial charge in [0.2, 0.25) is 11.8 Å². The number of likely N-dealkylation sites (tertiary alicyclic amines) is 1. The van der Waals surface area contributed by atoms with E-state index in [-0.39, 0.29) is 0 Å². The molecule has 2 aromatic heterocycles. The highest BCUT2D eigenvalue weighted by atomic mass is 16.5. The Balaban J connectivity index is 1.49. The van der Waals surface area contributed by atoms with Crippen LogP contribution in [-0.4, -0.2) is 45.9 Å². The molecule has 0 bridgehead atoms. The Morgan fingerprint density at radius 2 is 2.09 bits per heavy atom. The number of hydrogen-bond donors (Lipinski definition) is 0. The Morgan fingerprint density at radius 1 is 1.22 bits per heavy atom. The van der Waals surface area contributed by atoms with Crippen molar-refractivity contribution in [2.45, 2.75) is 38.3 Å². The van der Waals surface area contributed by atoms with E-state index in [0.717, 1.165) is 45.0 Å². The number of fused-ring (bicyclic) bond motifs is 1. The van der Waals surface area contributed by atoms with Gasteiger partial charge in [-0.1, -0.05) is 0 Å². The Hall–Kier alpha value is -1.79. The van der Waals surface area contributed by atoms with Crippen LogP contribution in [-0.2, 0) is 11.3 Å². The molecule has 0 aliphatic carbocycles. The molecule has 122 valence electrons. The van der Waals surface area contributed by atoms with Crippen molar-refractivity contribution in [1.82, 2.24) is 20.1 Å². The molecule has 0 radical (unpaired) electrons. The third-order valence-corrected chi connectivity index (χ3v) is 4.97. The molecule has 0 N–H and O–H groups in total. The fraction of sp³-hybridized carbons (Fsp3) is 0.588. The van der Waals surface area contributed by atoms with Crippen LogP contribution in [0, 0.1) is 12.8 Å². The Bertz CT molecular complexity index is 645. The lowest BCUT2D eigenvalue weighted by atomic mass is 9.79. The summed E-state index contributed by atoms with van der Waals surface area (Å²) in [5.74, 6) is 2.17. The fourth-order valence-electron chi connectivity index (χ4n) is 3.84. The maximum Gasteiger partial charge on any atom is 0.220 e. The van der Waals surface area contributed by atoms with Gasteiger partial charge in [-0.3, -0.25) is 9.88 Å². The molecule has 4 rings (SSSR count). The molecular formula is C17H22N4O2. The van der Waals surface area contributed by atoms with Gasteiger partial charge in [-0.2, -0.15) is 0 Å². The lowest BCUT2D eigenvalue weighted by molar-refractivity contribution is -0.0820. The van der Waals surface area contributed by atoms with Gasteiger partial charge in [0, 0.05) is 57.4 Å². The first-order valence-corrected chi connectivity index (χ1v) is 8.32. The van der Waals surface area contributed by atoms with E-state index >= 15 is 0 Å². The van der Waals surface area contributed by atoms with E-state index in [1.807, 2.05) is 19.3 Å². The third kappa shape index (κ3) is 3.14. The molecule has 2 fully saturated rings. The van der Waals surface area contributed by atoms with Gasteiger partial charge in [-0.25, -0.2) is 0 Å². The number of aryl methyl sites for hydroxylation is 1. The molecule has 2 saturated heterocycles. The van der Waals surface area contributed by atoms with E-state index < -0.39 is 0 Å². The minimum atomic E-state index is 0.314. The van der Waals surface area contributed by atoms with Crippen LogP contribution in [0.5, 0.6) is 0 Å². The summed E-state index contributed by atoms with van der Waals surface area (Å²) in [6, 6.07) is 4.17. The number of aromatic nitrogens is 3. The van der Waals surface area contributed by atoms with Crippen LogP contribution in [0.1, 0.15) is 36.1 Å². The highest BCUT2D eigenvalue weighted by Gasteiger charge is 2.41. The largest absolute Gasteiger partial charge is 0.425 e. The van der Waals surface area contributed by atoms with Gasteiger partial charge in [-0.05, 0) is 30.5 Å². The van der Waals surface area contributed by atoms with Gasteiger partial charge in [-0.15, -0.1) is 10.2 Å². The van der Waals surface area contributed by atoms with Gasteiger partial charge in [0.25, 0.3) is 0 Å². The van der Waals surface area contributed by atoms with Crippen LogP contribution < -0.4 is 0 Å². The summed E-state index contributed by atoms with van der Waals surface area (Å²) in [4.78, 5) is 6.59. The van der Waals surface area contributed by atoms with Crippen LogP contribution in [0.2, 0.25) is 0 Å². The normalized spacial score (nSPS) is 28.5. The predicted molar refractivity (Wildman–Crippen MR) is 83.8 cm³/mol. The second kappa shape index (κ2) is 6.37. The standard InChI is InChI=1S/C17H22N4O2/c1-12-19-20-17(23-12)14-5-9-22-16-4-8-21(11-15(14)16)10-13-2-6-18-7-3-13/h2-3,6-7,14-16H,4-5,8-11H2,1H3/t14-,15-,16-/m1/s1. The number of pyridine rings is 1. The molecule has 2 aliphatic heterocycles.